The van der Waals surface area contributed by atoms with Gasteiger partial charge in [0.15, 0.2) is 24.8 Å². The van der Waals surface area contributed by atoms with Crippen molar-refractivity contribution < 1.29 is 9.13 Å². The van der Waals surface area contributed by atoms with E-state index in [9.17, 15) is 0 Å². The molecular formula is C43H51N3+2. The standard InChI is InChI=1S/C43H51N3/c1-8-35(2)24-36(3)30-44-21-15-9-12-18-41-27-42(19-13-10-16-22-45-31-37(4)25-38(5)32-45)29-43(28-41)20-14-11-17-23-46-33-39(6)26-40(7)34-46/h8,24-34H,9-11,15-17,21-23H2,1-7H3/q+2/b35-8-,36-24-,44-30?. The molecule has 0 aliphatic heterocycles. The normalized spacial score (nSPS) is 11.4. The summed E-state index contributed by atoms with van der Waals surface area (Å²) in [6.07, 6.45) is 20.4. The van der Waals surface area contributed by atoms with Crippen molar-refractivity contribution in [2.45, 2.75) is 100 Å². The second kappa shape index (κ2) is 19.7. The fourth-order valence-electron chi connectivity index (χ4n) is 5.23. The van der Waals surface area contributed by atoms with Crippen LogP contribution in [-0.4, -0.2) is 12.8 Å². The van der Waals surface area contributed by atoms with Crippen LogP contribution in [0.4, 0.5) is 0 Å². The Labute approximate surface area is 279 Å². The van der Waals surface area contributed by atoms with Gasteiger partial charge in [0.05, 0.1) is 0 Å². The molecular weight excluding hydrogens is 558 g/mol. The number of aryl methyl sites for hydroxylation is 6. The summed E-state index contributed by atoms with van der Waals surface area (Å²) in [5, 5.41) is 0. The molecule has 0 atom stereocenters. The molecule has 0 unspecified atom stereocenters. The molecule has 3 heteroatoms. The molecule has 0 radical (unpaired) electrons. The summed E-state index contributed by atoms with van der Waals surface area (Å²) in [6.45, 7) is 17.5. The molecule has 0 spiro atoms. The molecule has 0 saturated carbocycles. The van der Waals surface area contributed by atoms with Gasteiger partial charge in [-0.1, -0.05) is 53.2 Å². The zero-order chi connectivity index (χ0) is 33.1. The van der Waals surface area contributed by atoms with Gasteiger partial charge in [-0.25, -0.2) is 9.13 Å². The van der Waals surface area contributed by atoms with E-state index in [0.29, 0.717) is 0 Å². The summed E-state index contributed by atoms with van der Waals surface area (Å²) in [5.74, 6) is 20.3. The van der Waals surface area contributed by atoms with E-state index < -0.39 is 0 Å². The summed E-state index contributed by atoms with van der Waals surface area (Å²) < 4.78 is 4.53. The van der Waals surface area contributed by atoms with E-state index in [4.69, 9.17) is 0 Å². The molecule has 3 nitrogen and oxygen atoms in total. The van der Waals surface area contributed by atoms with E-state index in [1.807, 2.05) is 13.1 Å². The van der Waals surface area contributed by atoms with Crippen LogP contribution in [0.5, 0.6) is 0 Å². The molecule has 0 aliphatic rings. The molecule has 46 heavy (non-hydrogen) atoms. The monoisotopic (exact) mass is 609 g/mol. The van der Waals surface area contributed by atoms with Gasteiger partial charge in [0.25, 0.3) is 0 Å². The van der Waals surface area contributed by atoms with Gasteiger partial charge in [0.2, 0.25) is 0 Å². The Morgan fingerprint density at radius 1 is 0.609 bits per heavy atom. The molecule has 0 amide bonds. The van der Waals surface area contributed by atoms with E-state index >= 15 is 0 Å². The second-order valence-electron chi connectivity index (χ2n) is 12.2. The molecule has 0 fully saturated rings. The smallest absolute Gasteiger partial charge is 0.171 e. The van der Waals surface area contributed by atoms with Crippen molar-refractivity contribution in [1.82, 2.24) is 0 Å². The van der Waals surface area contributed by atoms with Crippen molar-refractivity contribution in [3.05, 3.63) is 117 Å². The van der Waals surface area contributed by atoms with E-state index in [2.05, 4.69) is 158 Å². The first-order valence-electron chi connectivity index (χ1n) is 16.6. The Morgan fingerprint density at radius 2 is 1.02 bits per heavy atom. The first-order chi connectivity index (χ1) is 22.2. The van der Waals surface area contributed by atoms with E-state index in [1.54, 1.807) is 0 Å². The summed E-state index contributed by atoms with van der Waals surface area (Å²) in [6, 6.07) is 10.7. The highest BCUT2D eigenvalue weighted by molar-refractivity contribution is 5.78. The van der Waals surface area contributed by atoms with Gasteiger partial charge in [-0.3, -0.25) is 4.99 Å². The summed E-state index contributed by atoms with van der Waals surface area (Å²) in [7, 11) is 0. The Hall–Kier alpha value is -4.65. The fraction of sp³-hybridized carbons (Fsp3) is 0.372. The van der Waals surface area contributed by atoms with Crippen molar-refractivity contribution in [2.24, 2.45) is 4.99 Å². The van der Waals surface area contributed by atoms with Crippen LogP contribution in [0.15, 0.2) is 83.4 Å². The van der Waals surface area contributed by atoms with Gasteiger partial charge in [-0.05, 0) is 90.8 Å². The predicted molar refractivity (Wildman–Crippen MR) is 194 cm³/mol. The number of allylic oxidation sites excluding steroid dienone is 4. The molecule has 0 aliphatic carbocycles. The quantitative estimate of drug-likeness (QED) is 0.0686. The van der Waals surface area contributed by atoms with Crippen LogP contribution in [0.25, 0.3) is 0 Å². The summed E-state index contributed by atoms with van der Waals surface area (Å²) in [4.78, 5) is 4.56. The van der Waals surface area contributed by atoms with Crippen molar-refractivity contribution in [2.75, 3.05) is 6.54 Å². The Kier molecular flexibility index (Phi) is 15.3. The number of hydrogen-bond acceptors (Lipinski definition) is 1. The first-order valence-corrected chi connectivity index (χ1v) is 16.6. The number of hydrogen-bond donors (Lipinski definition) is 0. The average Bonchev–Trinajstić information content (AvgIpc) is 2.99. The average molecular weight is 610 g/mol. The molecule has 0 N–H and O–H groups in total. The highest BCUT2D eigenvalue weighted by Crippen LogP contribution is 2.10. The number of unbranched alkanes of at least 4 members (excludes halogenated alkanes) is 3. The largest absolute Gasteiger partial charge is 0.293 e. The van der Waals surface area contributed by atoms with Gasteiger partial charge < -0.3 is 0 Å². The minimum atomic E-state index is 0.776. The van der Waals surface area contributed by atoms with Crippen LogP contribution >= 0.6 is 0 Å². The van der Waals surface area contributed by atoms with Gasteiger partial charge in [0.1, 0.15) is 13.1 Å². The maximum atomic E-state index is 4.56. The van der Waals surface area contributed by atoms with Crippen molar-refractivity contribution in [3.63, 3.8) is 0 Å². The number of rotatable bonds is 11. The molecule has 236 valence electrons. The number of aromatic nitrogens is 2. The molecule has 0 bridgehead atoms. The van der Waals surface area contributed by atoms with Gasteiger partial charge >= 0.3 is 0 Å². The zero-order valence-electron chi connectivity index (χ0n) is 29.1. The van der Waals surface area contributed by atoms with Crippen molar-refractivity contribution in [1.29, 1.82) is 0 Å². The third-order valence-electron chi connectivity index (χ3n) is 7.25. The number of aliphatic imine (C=N–C) groups is 1. The lowest BCUT2D eigenvalue weighted by molar-refractivity contribution is -0.697. The molecule has 2 heterocycles. The third-order valence-corrected chi connectivity index (χ3v) is 7.25. The lowest BCUT2D eigenvalue weighted by atomic mass is 10.1. The second-order valence-corrected chi connectivity index (χ2v) is 12.2. The van der Waals surface area contributed by atoms with Crippen molar-refractivity contribution >= 4 is 6.21 Å². The van der Waals surface area contributed by atoms with Crippen LogP contribution in [0.2, 0.25) is 0 Å². The molecule has 3 aromatic rings. The predicted octanol–water partition coefficient (Wildman–Crippen LogP) is 8.27. The van der Waals surface area contributed by atoms with Crippen LogP contribution < -0.4 is 9.13 Å². The Morgan fingerprint density at radius 3 is 1.43 bits per heavy atom. The highest BCUT2D eigenvalue weighted by Gasteiger charge is 2.03. The SMILES string of the molecule is C/C=C(C)\C=C(\C)C=NCCCC#Cc1cc(C#CCCC[n+]2cc(C)cc(C)c2)cc(C#CCCC[n+]2cc(C)cc(C)c2)c1. The number of nitrogens with zero attached hydrogens (tertiary/aromatic N) is 3. The van der Waals surface area contributed by atoms with Crippen LogP contribution in [0, 0.1) is 63.2 Å². The van der Waals surface area contributed by atoms with E-state index in [0.717, 1.165) is 74.8 Å². The number of pyridine rings is 2. The Bertz CT molecular complexity index is 1620. The van der Waals surface area contributed by atoms with Crippen LogP contribution in [-0.2, 0) is 13.1 Å². The zero-order valence-corrected chi connectivity index (χ0v) is 29.1. The van der Waals surface area contributed by atoms with Crippen LogP contribution in [0.1, 0.15) is 98.2 Å². The molecule has 3 rings (SSSR count). The maximum Gasteiger partial charge on any atom is 0.171 e. The topological polar surface area (TPSA) is 20.1 Å². The van der Waals surface area contributed by atoms with E-state index in [-0.39, 0.29) is 0 Å². The molecule has 1 aromatic carbocycles. The minimum absolute atomic E-state index is 0.776. The van der Waals surface area contributed by atoms with Gasteiger partial charge in [0, 0.05) is 83.8 Å². The summed E-state index contributed by atoms with van der Waals surface area (Å²) >= 11 is 0. The maximum absolute atomic E-state index is 4.56. The van der Waals surface area contributed by atoms with Crippen molar-refractivity contribution in [3.8, 4) is 35.5 Å². The first kappa shape index (κ1) is 35.8. The third kappa shape index (κ3) is 14.4. The highest BCUT2D eigenvalue weighted by atomic mass is 14.9. The summed E-state index contributed by atoms with van der Waals surface area (Å²) in [5.41, 5.74) is 10.5. The lowest BCUT2D eigenvalue weighted by Crippen LogP contribution is -2.33. The van der Waals surface area contributed by atoms with Crippen LogP contribution in [0.3, 0.4) is 0 Å². The Balaban J connectivity index is 1.64. The van der Waals surface area contributed by atoms with Gasteiger partial charge in [-0.15, -0.1) is 0 Å². The van der Waals surface area contributed by atoms with Gasteiger partial charge in [-0.2, -0.15) is 0 Å². The number of benzene rings is 1. The fourth-order valence-corrected chi connectivity index (χ4v) is 5.23. The molecule has 0 saturated heterocycles. The van der Waals surface area contributed by atoms with E-state index in [1.165, 1.54) is 33.4 Å². The molecule has 2 aromatic heterocycles. The minimum Gasteiger partial charge on any atom is -0.293 e. The lowest BCUT2D eigenvalue weighted by Gasteiger charge is -1.99.